The van der Waals surface area contributed by atoms with Crippen LogP contribution in [0, 0.1) is 6.92 Å². The third-order valence-corrected chi connectivity index (χ3v) is 10.1. The van der Waals surface area contributed by atoms with Crippen LogP contribution in [0.25, 0.3) is 0 Å². The molecule has 208 valence electrons. The molecule has 0 spiro atoms. The maximum absolute atomic E-state index is 13.9. The molecule has 39 heavy (non-hydrogen) atoms. The number of aryl methyl sites for hydroxylation is 1. The zero-order valence-electron chi connectivity index (χ0n) is 22.2. The SMILES string of the molecule is COc1ccccc1OCC1c2ccsc2CCN1C(=O)CN(CC1CCCO1)S(=O)(=O)c1ccc(C)cc1. The largest absolute Gasteiger partial charge is 0.493 e. The van der Waals surface area contributed by atoms with E-state index in [9.17, 15) is 13.2 Å². The Morgan fingerprint density at radius 1 is 1.13 bits per heavy atom. The van der Waals surface area contributed by atoms with Gasteiger partial charge in [-0.15, -0.1) is 11.3 Å². The van der Waals surface area contributed by atoms with Gasteiger partial charge < -0.3 is 19.1 Å². The first kappa shape index (κ1) is 27.6. The van der Waals surface area contributed by atoms with Gasteiger partial charge >= 0.3 is 0 Å². The lowest BCUT2D eigenvalue weighted by molar-refractivity contribution is -0.135. The van der Waals surface area contributed by atoms with Crippen LogP contribution in [0.2, 0.25) is 0 Å². The molecule has 3 heterocycles. The number of benzene rings is 2. The van der Waals surface area contributed by atoms with E-state index in [1.807, 2.05) is 42.6 Å². The maximum Gasteiger partial charge on any atom is 0.243 e. The smallest absolute Gasteiger partial charge is 0.243 e. The highest BCUT2D eigenvalue weighted by Crippen LogP contribution is 2.35. The van der Waals surface area contributed by atoms with Gasteiger partial charge in [0.25, 0.3) is 0 Å². The number of carbonyl (C=O) groups excluding carboxylic acids is 1. The van der Waals surface area contributed by atoms with Crippen molar-refractivity contribution in [3.05, 3.63) is 76.0 Å². The van der Waals surface area contributed by atoms with Crippen LogP contribution in [0.15, 0.2) is 64.9 Å². The molecule has 0 aliphatic carbocycles. The topological polar surface area (TPSA) is 85.4 Å². The van der Waals surface area contributed by atoms with Gasteiger partial charge in [-0.3, -0.25) is 4.79 Å². The lowest BCUT2D eigenvalue weighted by atomic mass is 10.0. The lowest BCUT2D eigenvalue weighted by Crippen LogP contribution is -2.49. The number of fused-ring (bicyclic) bond motifs is 1. The Morgan fingerprint density at radius 3 is 2.62 bits per heavy atom. The highest BCUT2D eigenvalue weighted by Gasteiger charge is 2.36. The van der Waals surface area contributed by atoms with E-state index in [0.717, 1.165) is 30.4 Å². The summed E-state index contributed by atoms with van der Waals surface area (Å²) in [6.45, 7) is 3.11. The van der Waals surface area contributed by atoms with Crippen LogP contribution in [0.1, 0.15) is 34.9 Å². The van der Waals surface area contributed by atoms with Gasteiger partial charge in [0.1, 0.15) is 6.61 Å². The Bertz CT molecular complexity index is 1380. The molecular formula is C29H34N2O6S2. The monoisotopic (exact) mass is 570 g/mol. The minimum atomic E-state index is -3.91. The summed E-state index contributed by atoms with van der Waals surface area (Å²) in [6.07, 6.45) is 2.14. The van der Waals surface area contributed by atoms with Gasteiger partial charge in [0, 0.05) is 24.6 Å². The number of nitrogens with zero attached hydrogens (tertiary/aromatic N) is 2. The highest BCUT2D eigenvalue weighted by atomic mass is 32.2. The number of hydrogen-bond acceptors (Lipinski definition) is 7. The molecule has 2 unspecified atom stereocenters. The zero-order chi connectivity index (χ0) is 27.4. The molecule has 2 aliphatic rings. The average Bonchev–Trinajstić information content (AvgIpc) is 3.64. The zero-order valence-corrected chi connectivity index (χ0v) is 23.9. The minimum Gasteiger partial charge on any atom is -0.493 e. The highest BCUT2D eigenvalue weighted by molar-refractivity contribution is 7.89. The number of carbonyl (C=O) groups is 1. The molecule has 8 nitrogen and oxygen atoms in total. The number of hydrogen-bond donors (Lipinski definition) is 0. The van der Waals surface area contributed by atoms with Crippen LogP contribution < -0.4 is 9.47 Å². The first-order chi connectivity index (χ1) is 18.9. The number of methoxy groups -OCH3 is 1. The van der Waals surface area contributed by atoms with Crippen molar-refractivity contribution in [1.82, 2.24) is 9.21 Å². The van der Waals surface area contributed by atoms with Gasteiger partial charge in [0.15, 0.2) is 11.5 Å². The third kappa shape index (κ3) is 6.14. The van der Waals surface area contributed by atoms with E-state index in [1.165, 1.54) is 9.18 Å². The van der Waals surface area contributed by atoms with Crippen molar-refractivity contribution in [3.8, 4) is 11.5 Å². The number of para-hydroxylation sites is 2. The van der Waals surface area contributed by atoms with Gasteiger partial charge in [0.05, 0.1) is 30.7 Å². The fraction of sp³-hybridized carbons (Fsp3) is 0.414. The summed E-state index contributed by atoms with van der Waals surface area (Å²) in [4.78, 5) is 17.0. The summed E-state index contributed by atoms with van der Waals surface area (Å²) in [5.74, 6) is 0.953. The van der Waals surface area contributed by atoms with Crippen LogP contribution in [0.5, 0.6) is 11.5 Å². The van der Waals surface area contributed by atoms with E-state index < -0.39 is 10.0 Å². The van der Waals surface area contributed by atoms with E-state index in [2.05, 4.69) is 0 Å². The van der Waals surface area contributed by atoms with Gasteiger partial charge in [-0.1, -0.05) is 29.8 Å². The number of ether oxygens (including phenoxy) is 3. The molecule has 3 aromatic rings. The second kappa shape index (κ2) is 12.1. The quantitative estimate of drug-likeness (QED) is 0.358. The molecule has 2 aliphatic heterocycles. The second-order valence-corrected chi connectivity index (χ2v) is 12.8. The molecule has 2 aromatic carbocycles. The van der Waals surface area contributed by atoms with Crippen molar-refractivity contribution in [2.75, 3.05) is 40.0 Å². The summed E-state index contributed by atoms with van der Waals surface area (Å²) < 4.78 is 46.1. The van der Waals surface area contributed by atoms with E-state index in [4.69, 9.17) is 14.2 Å². The third-order valence-electron chi connectivity index (χ3n) is 7.28. The van der Waals surface area contributed by atoms with Crippen molar-refractivity contribution < 1.29 is 27.4 Å². The molecule has 5 rings (SSSR count). The van der Waals surface area contributed by atoms with Gasteiger partial charge in [-0.2, -0.15) is 4.31 Å². The van der Waals surface area contributed by atoms with Crippen molar-refractivity contribution >= 4 is 27.3 Å². The summed E-state index contributed by atoms with van der Waals surface area (Å²) >= 11 is 1.67. The van der Waals surface area contributed by atoms with Crippen LogP contribution in [-0.2, 0) is 26.0 Å². The maximum atomic E-state index is 13.9. The molecule has 1 amide bonds. The molecule has 0 radical (unpaired) electrons. The second-order valence-electron chi connectivity index (χ2n) is 9.86. The molecule has 0 bridgehead atoms. The van der Waals surface area contributed by atoms with E-state index in [1.54, 1.807) is 47.6 Å². The average molecular weight is 571 g/mol. The van der Waals surface area contributed by atoms with Gasteiger partial charge in [-0.05, 0) is 67.5 Å². The van der Waals surface area contributed by atoms with Gasteiger partial charge in [0.2, 0.25) is 15.9 Å². The van der Waals surface area contributed by atoms with E-state index in [0.29, 0.717) is 24.7 Å². The first-order valence-electron chi connectivity index (χ1n) is 13.2. The normalized spacial score (nSPS) is 19.2. The summed E-state index contributed by atoms with van der Waals surface area (Å²) in [6, 6.07) is 15.8. The Kier molecular flexibility index (Phi) is 8.56. The lowest BCUT2D eigenvalue weighted by Gasteiger charge is -2.37. The van der Waals surface area contributed by atoms with Crippen LogP contribution in [0.4, 0.5) is 0 Å². The molecule has 2 atom stereocenters. The Morgan fingerprint density at radius 2 is 1.90 bits per heavy atom. The summed E-state index contributed by atoms with van der Waals surface area (Å²) in [5, 5.41) is 2.03. The van der Waals surface area contributed by atoms with Crippen molar-refractivity contribution in [1.29, 1.82) is 0 Å². The fourth-order valence-corrected chi connectivity index (χ4v) is 7.49. The Hall–Kier alpha value is -2.92. The Balaban J connectivity index is 1.39. The summed E-state index contributed by atoms with van der Waals surface area (Å²) in [7, 11) is -2.32. The number of sulfonamides is 1. The molecule has 1 saturated heterocycles. The predicted molar refractivity (Wildman–Crippen MR) is 150 cm³/mol. The van der Waals surface area contributed by atoms with Crippen LogP contribution in [-0.4, -0.2) is 69.6 Å². The minimum absolute atomic E-state index is 0.141. The van der Waals surface area contributed by atoms with Crippen molar-refractivity contribution in [3.63, 3.8) is 0 Å². The molecule has 1 fully saturated rings. The van der Waals surface area contributed by atoms with E-state index in [-0.39, 0.29) is 42.6 Å². The van der Waals surface area contributed by atoms with Crippen molar-refractivity contribution in [2.45, 2.75) is 43.2 Å². The predicted octanol–water partition coefficient (Wildman–Crippen LogP) is 4.44. The molecule has 0 saturated carbocycles. The molecule has 10 heteroatoms. The first-order valence-corrected chi connectivity index (χ1v) is 15.5. The molecule has 0 N–H and O–H groups in total. The Labute approximate surface area is 234 Å². The van der Waals surface area contributed by atoms with E-state index >= 15 is 0 Å². The standard InChI is InChI=1S/C29H34N2O6S2/c1-21-9-11-23(12-10-21)39(33,34)30(18-22-6-5-16-36-22)19-29(32)31-15-13-28-24(14-17-38-28)25(31)20-37-27-8-4-3-7-26(27)35-2/h3-4,7-12,14,17,22,25H,5-6,13,15-16,18-20H2,1-2H3. The van der Waals surface area contributed by atoms with Crippen LogP contribution >= 0.6 is 11.3 Å². The summed E-state index contributed by atoms with van der Waals surface area (Å²) in [5.41, 5.74) is 2.01. The number of rotatable bonds is 10. The fourth-order valence-electron chi connectivity index (χ4n) is 5.15. The number of amides is 1. The number of thiophene rings is 1. The van der Waals surface area contributed by atoms with Gasteiger partial charge in [-0.25, -0.2) is 8.42 Å². The molecule has 1 aromatic heterocycles. The van der Waals surface area contributed by atoms with Crippen molar-refractivity contribution in [2.24, 2.45) is 0 Å². The molecular weight excluding hydrogens is 536 g/mol. The van der Waals surface area contributed by atoms with Crippen LogP contribution in [0.3, 0.4) is 0 Å².